The summed E-state index contributed by atoms with van der Waals surface area (Å²) in [5, 5.41) is 5.47. The van der Waals surface area contributed by atoms with Crippen LogP contribution >= 0.6 is 0 Å². The highest BCUT2D eigenvalue weighted by Crippen LogP contribution is 2.22. The molecule has 0 unspecified atom stereocenters. The van der Waals surface area contributed by atoms with Crippen LogP contribution in [0.2, 0.25) is 0 Å². The number of nitrogens with zero attached hydrogens (tertiary/aromatic N) is 3. The first-order chi connectivity index (χ1) is 16.2. The Kier molecular flexibility index (Phi) is 7.27. The van der Waals surface area contributed by atoms with Crippen molar-refractivity contribution in [3.8, 4) is 0 Å². The first-order valence-electron chi connectivity index (χ1n) is 11.1. The number of ether oxygens (including phenoxy) is 1. The number of rotatable bonds is 9. The van der Waals surface area contributed by atoms with Crippen LogP contribution < -0.4 is 10.2 Å². The second-order valence-electron chi connectivity index (χ2n) is 7.88. The highest BCUT2D eigenvalue weighted by Gasteiger charge is 2.20. The summed E-state index contributed by atoms with van der Waals surface area (Å²) in [4.78, 5) is 24.3. The summed E-state index contributed by atoms with van der Waals surface area (Å²) >= 11 is 0. The molecular formula is C27H28N4O2. The number of hydrogen-bond donors (Lipinski definition) is 1. The van der Waals surface area contributed by atoms with E-state index in [4.69, 9.17) is 4.74 Å². The number of aromatic nitrogens is 2. The van der Waals surface area contributed by atoms with Gasteiger partial charge in [0.25, 0.3) is 5.91 Å². The highest BCUT2D eigenvalue weighted by molar-refractivity contribution is 6.07. The van der Waals surface area contributed by atoms with Crippen molar-refractivity contribution in [1.29, 1.82) is 0 Å². The van der Waals surface area contributed by atoms with Crippen LogP contribution in [0.4, 0.5) is 11.8 Å². The van der Waals surface area contributed by atoms with Gasteiger partial charge in [-0.05, 0) is 47.9 Å². The SMILES string of the molecule is COCCCN(C(=O)c1ccc2ccccc2c1)c1ccnc(N[C@H](C)c2ccccc2)n1. The van der Waals surface area contributed by atoms with Crippen molar-refractivity contribution in [2.45, 2.75) is 19.4 Å². The number of hydrogen-bond acceptors (Lipinski definition) is 5. The Bertz CT molecular complexity index is 1210. The summed E-state index contributed by atoms with van der Waals surface area (Å²) in [6, 6.07) is 25.7. The van der Waals surface area contributed by atoms with Gasteiger partial charge in [-0.15, -0.1) is 0 Å². The predicted molar refractivity (Wildman–Crippen MR) is 133 cm³/mol. The number of nitrogens with one attached hydrogen (secondary N) is 1. The molecule has 1 aromatic heterocycles. The molecule has 0 fully saturated rings. The maximum absolute atomic E-state index is 13.5. The fourth-order valence-electron chi connectivity index (χ4n) is 3.75. The van der Waals surface area contributed by atoms with Crippen LogP contribution in [0.1, 0.15) is 35.3 Å². The van der Waals surface area contributed by atoms with Crippen LogP contribution in [-0.2, 0) is 4.74 Å². The number of anilines is 2. The van der Waals surface area contributed by atoms with Gasteiger partial charge in [0.05, 0.1) is 6.04 Å². The van der Waals surface area contributed by atoms with Gasteiger partial charge in [-0.25, -0.2) is 4.98 Å². The highest BCUT2D eigenvalue weighted by atomic mass is 16.5. The van der Waals surface area contributed by atoms with Crippen LogP contribution in [0.5, 0.6) is 0 Å². The van der Waals surface area contributed by atoms with Gasteiger partial charge in [-0.2, -0.15) is 4.98 Å². The lowest BCUT2D eigenvalue weighted by Crippen LogP contribution is -2.33. The molecule has 0 saturated carbocycles. The minimum absolute atomic E-state index is 0.0274. The molecule has 1 amide bonds. The average Bonchev–Trinajstić information content (AvgIpc) is 2.86. The van der Waals surface area contributed by atoms with Gasteiger partial charge >= 0.3 is 0 Å². The third-order valence-corrected chi connectivity index (χ3v) is 5.53. The first-order valence-corrected chi connectivity index (χ1v) is 11.1. The number of methoxy groups -OCH3 is 1. The van der Waals surface area contributed by atoms with Gasteiger partial charge in [0.15, 0.2) is 0 Å². The molecule has 1 heterocycles. The second kappa shape index (κ2) is 10.7. The van der Waals surface area contributed by atoms with Gasteiger partial charge in [0, 0.05) is 32.0 Å². The summed E-state index contributed by atoms with van der Waals surface area (Å²) in [6.45, 7) is 3.11. The molecule has 6 nitrogen and oxygen atoms in total. The molecule has 6 heteroatoms. The Labute approximate surface area is 194 Å². The smallest absolute Gasteiger partial charge is 0.259 e. The molecule has 0 bridgehead atoms. The van der Waals surface area contributed by atoms with Crippen molar-refractivity contribution < 1.29 is 9.53 Å². The van der Waals surface area contributed by atoms with E-state index in [2.05, 4.69) is 34.3 Å². The minimum Gasteiger partial charge on any atom is -0.385 e. The van der Waals surface area contributed by atoms with Crippen molar-refractivity contribution in [3.05, 3.63) is 96.2 Å². The molecule has 33 heavy (non-hydrogen) atoms. The summed E-state index contributed by atoms with van der Waals surface area (Å²) in [5.74, 6) is 0.937. The maximum atomic E-state index is 13.5. The Hall–Kier alpha value is -3.77. The number of carbonyl (C=O) groups is 1. The second-order valence-corrected chi connectivity index (χ2v) is 7.88. The number of amides is 1. The van der Waals surface area contributed by atoms with Gasteiger partial charge < -0.3 is 10.1 Å². The Morgan fingerprint density at radius 1 is 1.00 bits per heavy atom. The fraction of sp³-hybridized carbons (Fsp3) is 0.222. The largest absolute Gasteiger partial charge is 0.385 e. The Morgan fingerprint density at radius 3 is 2.55 bits per heavy atom. The number of carbonyl (C=O) groups excluding carboxylic acids is 1. The number of fused-ring (bicyclic) bond motifs is 1. The molecule has 3 aromatic carbocycles. The van der Waals surface area contributed by atoms with Crippen LogP contribution in [0.15, 0.2) is 85.1 Å². The Morgan fingerprint density at radius 2 is 1.76 bits per heavy atom. The van der Waals surface area contributed by atoms with E-state index in [1.807, 2.05) is 60.7 Å². The van der Waals surface area contributed by atoms with Gasteiger partial charge in [0.1, 0.15) is 5.82 Å². The lowest BCUT2D eigenvalue weighted by molar-refractivity contribution is 0.0983. The molecular weight excluding hydrogens is 412 g/mol. The fourth-order valence-corrected chi connectivity index (χ4v) is 3.75. The molecule has 4 rings (SSSR count). The standard InChI is InChI=1S/C27H28N4O2/c1-20(21-9-4-3-5-10-21)29-27-28-16-15-25(30-27)31(17-8-18-33-2)26(32)24-14-13-22-11-6-7-12-23(22)19-24/h3-7,9-16,19-20H,8,17-18H2,1-2H3,(H,28,29,30)/t20-/m1/s1. The average molecular weight is 441 g/mol. The molecule has 1 N–H and O–H groups in total. The zero-order chi connectivity index (χ0) is 23.0. The monoisotopic (exact) mass is 440 g/mol. The van der Waals surface area contributed by atoms with Crippen molar-refractivity contribution >= 4 is 28.4 Å². The van der Waals surface area contributed by atoms with Crippen molar-refractivity contribution in [3.63, 3.8) is 0 Å². The van der Waals surface area contributed by atoms with E-state index in [1.165, 1.54) is 0 Å². The van der Waals surface area contributed by atoms with E-state index >= 15 is 0 Å². The van der Waals surface area contributed by atoms with Crippen LogP contribution in [-0.4, -0.2) is 36.1 Å². The molecule has 4 aromatic rings. The summed E-state index contributed by atoms with van der Waals surface area (Å²) in [7, 11) is 1.66. The normalized spacial score (nSPS) is 11.8. The van der Waals surface area contributed by atoms with Crippen LogP contribution in [0, 0.1) is 0 Å². The summed E-state index contributed by atoms with van der Waals surface area (Å²) < 4.78 is 5.21. The lowest BCUT2D eigenvalue weighted by Gasteiger charge is -2.23. The molecule has 0 aliphatic rings. The molecule has 0 aliphatic heterocycles. The van der Waals surface area contributed by atoms with Crippen molar-refractivity contribution in [1.82, 2.24) is 9.97 Å². The minimum atomic E-state index is -0.0994. The topological polar surface area (TPSA) is 67.3 Å². The molecule has 0 saturated heterocycles. The van der Waals surface area contributed by atoms with Crippen LogP contribution in [0.25, 0.3) is 10.8 Å². The molecule has 0 radical (unpaired) electrons. The van der Waals surface area contributed by atoms with Gasteiger partial charge in [0.2, 0.25) is 5.95 Å². The van der Waals surface area contributed by atoms with Crippen molar-refractivity contribution in [2.24, 2.45) is 0 Å². The lowest BCUT2D eigenvalue weighted by atomic mass is 10.1. The predicted octanol–water partition coefficient (Wildman–Crippen LogP) is 5.49. The number of benzene rings is 3. The molecule has 0 spiro atoms. The van der Waals surface area contributed by atoms with Crippen molar-refractivity contribution in [2.75, 3.05) is 30.5 Å². The van der Waals surface area contributed by atoms with E-state index in [1.54, 1.807) is 24.3 Å². The quantitative estimate of drug-likeness (QED) is 0.349. The third-order valence-electron chi connectivity index (χ3n) is 5.53. The van der Waals surface area contributed by atoms with E-state index in [0.717, 1.165) is 16.3 Å². The van der Waals surface area contributed by atoms with Crippen LogP contribution in [0.3, 0.4) is 0 Å². The molecule has 0 aliphatic carbocycles. The summed E-state index contributed by atoms with van der Waals surface area (Å²) in [6.07, 6.45) is 2.38. The summed E-state index contributed by atoms with van der Waals surface area (Å²) in [5.41, 5.74) is 1.76. The van der Waals surface area contributed by atoms with Gasteiger partial charge in [-0.1, -0.05) is 60.7 Å². The zero-order valence-corrected chi connectivity index (χ0v) is 18.9. The zero-order valence-electron chi connectivity index (χ0n) is 18.9. The van der Waals surface area contributed by atoms with Gasteiger partial charge in [-0.3, -0.25) is 9.69 Å². The third kappa shape index (κ3) is 5.54. The van der Waals surface area contributed by atoms with E-state index in [-0.39, 0.29) is 11.9 Å². The first kappa shape index (κ1) is 22.4. The maximum Gasteiger partial charge on any atom is 0.259 e. The van der Waals surface area contributed by atoms with E-state index in [9.17, 15) is 4.79 Å². The van der Waals surface area contributed by atoms with E-state index in [0.29, 0.717) is 36.9 Å². The van der Waals surface area contributed by atoms with E-state index < -0.39 is 0 Å². The Balaban J connectivity index is 1.60. The molecule has 1 atom stereocenters. The molecule has 168 valence electrons.